The predicted octanol–water partition coefficient (Wildman–Crippen LogP) is 1.50. The second-order valence-corrected chi connectivity index (χ2v) is 4.36. The number of nitrogens with zero attached hydrogens (tertiary/aromatic N) is 1. The number of benzene rings is 1. The zero-order valence-corrected chi connectivity index (χ0v) is 10.9. The second kappa shape index (κ2) is 5.76. The molecule has 1 aromatic rings. The Morgan fingerprint density at radius 2 is 1.91 bits per heavy atom. The smallest absolute Gasteiger partial charge is 0.395 e. The number of carbonyl (C=O) groups is 2. The molecule has 1 heterocycles. The lowest BCUT2D eigenvalue weighted by Gasteiger charge is -2.16. The summed E-state index contributed by atoms with van der Waals surface area (Å²) in [4.78, 5) is 24.0. The summed E-state index contributed by atoms with van der Waals surface area (Å²) < 4.78 is 52.2. The fraction of sp³-hybridized carbons (Fsp3) is 0.231. The Morgan fingerprint density at radius 3 is 2.50 bits per heavy atom. The van der Waals surface area contributed by atoms with E-state index < -0.39 is 47.4 Å². The average Bonchev–Trinajstić information content (AvgIpc) is 2.68. The molecule has 118 valence electrons. The summed E-state index contributed by atoms with van der Waals surface area (Å²) in [6, 6.07) is 2.33. The first-order valence-electron chi connectivity index (χ1n) is 6.07. The Hall–Kier alpha value is -2.42. The van der Waals surface area contributed by atoms with Gasteiger partial charge in [-0.25, -0.2) is 4.39 Å². The van der Waals surface area contributed by atoms with Crippen molar-refractivity contribution < 1.29 is 32.3 Å². The minimum Gasteiger partial charge on any atom is -0.395 e. The van der Waals surface area contributed by atoms with Gasteiger partial charge in [0.15, 0.2) is 0 Å². The van der Waals surface area contributed by atoms with Crippen LogP contribution < -0.4 is 5.32 Å². The first-order chi connectivity index (χ1) is 10.3. The Morgan fingerprint density at radius 1 is 1.23 bits per heavy atom. The summed E-state index contributed by atoms with van der Waals surface area (Å²) in [5.74, 6) is -2.95. The van der Waals surface area contributed by atoms with Gasteiger partial charge in [-0.15, -0.1) is 0 Å². The fourth-order valence-corrected chi connectivity index (χ4v) is 1.93. The summed E-state index contributed by atoms with van der Waals surface area (Å²) in [6.07, 6.45) is -4.08. The Bertz CT molecular complexity index is 655. The van der Waals surface area contributed by atoms with Crippen LogP contribution in [0.3, 0.4) is 0 Å². The number of β-amino-alcohol motifs (C(OH)–C–C–N with tert-alkyl or cyclic N) is 1. The maximum absolute atomic E-state index is 13.7. The normalized spacial score (nSPS) is 15.3. The highest BCUT2D eigenvalue weighted by Crippen LogP contribution is 2.37. The Balaban J connectivity index is 2.35. The summed E-state index contributed by atoms with van der Waals surface area (Å²) in [7, 11) is 0. The molecule has 0 bridgehead atoms. The number of amides is 2. The number of imide groups is 1. The lowest BCUT2D eigenvalue weighted by Crippen LogP contribution is -2.34. The molecule has 2 N–H and O–H groups in total. The number of rotatable bonds is 4. The Labute approximate surface area is 121 Å². The molecule has 1 aliphatic rings. The molecule has 0 saturated carbocycles. The molecular weight excluding hydrogens is 308 g/mol. The van der Waals surface area contributed by atoms with E-state index in [1.54, 1.807) is 0 Å². The highest BCUT2D eigenvalue weighted by Gasteiger charge is 2.37. The van der Waals surface area contributed by atoms with E-state index in [9.17, 15) is 27.2 Å². The summed E-state index contributed by atoms with van der Waals surface area (Å²) in [5, 5.41) is 10.8. The molecule has 0 spiro atoms. The highest BCUT2D eigenvalue weighted by molar-refractivity contribution is 6.17. The predicted molar refractivity (Wildman–Crippen MR) is 66.9 cm³/mol. The van der Waals surface area contributed by atoms with Crippen LogP contribution >= 0.6 is 0 Å². The van der Waals surface area contributed by atoms with Crippen LogP contribution in [-0.2, 0) is 15.8 Å². The number of anilines is 1. The van der Waals surface area contributed by atoms with Crippen molar-refractivity contribution in [2.45, 2.75) is 6.18 Å². The van der Waals surface area contributed by atoms with E-state index in [0.29, 0.717) is 11.0 Å². The van der Waals surface area contributed by atoms with Gasteiger partial charge < -0.3 is 10.4 Å². The van der Waals surface area contributed by atoms with Crippen LogP contribution in [0, 0.1) is 5.82 Å². The third-order valence-electron chi connectivity index (χ3n) is 2.91. The highest BCUT2D eigenvalue weighted by atomic mass is 19.4. The van der Waals surface area contributed by atoms with Crippen molar-refractivity contribution in [2.75, 3.05) is 18.5 Å². The van der Waals surface area contributed by atoms with Crippen LogP contribution in [0.1, 0.15) is 5.56 Å². The van der Waals surface area contributed by atoms with Gasteiger partial charge in [0, 0.05) is 6.08 Å². The van der Waals surface area contributed by atoms with Gasteiger partial charge in [0.05, 0.1) is 24.4 Å². The van der Waals surface area contributed by atoms with E-state index in [2.05, 4.69) is 0 Å². The van der Waals surface area contributed by atoms with Crippen LogP contribution in [-0.4, -0.2) is 35.0 Å². The summed E-state index contributed by atoms with van der Waals surface area (Å²) in [5.41, 5.74) is -2.73. The van der Waals surface area contributed by atoms with Crippen LogP contribution in [0.5, 0.6) is 0 Å². The first-order valence-corrected chi connectivity index (χ1v) is 6.07. The topological polar surface area (TPSA) is 69.6 Å². The van der Waals surface area contributed by atoms with E-state index in [1.165, 1.54) is 0 Å². The molecule has 22 heavy (non-hydrogen) atoms. The SMILES string of the molecule is O=C1C=C(Nc2c(F)cccc2C(F)(F)F)C(=O)N1CCO. The summed E-state index contributed by atoms with van der Waals surface area (Å²) >= 11 is 0. The van der Waals surface area contributed by atoms with E-state index in [0.717, 1.165) is 18.2 Å². The number of hydrogen-bond donors (Lipinski definition) is 2. The van der Waals surface area contributed by atoms with E-state index >= 15 is 0 Å². The number of halogens is 4. The minimum absolute atomic E-state index is 0.303. The molecule has 1 aliphatic heterocycles. The maximum atomic E-state index is 13.7. The van der Waals surface area contributed by atoms with Gasteiger partial charge in [-0.1, -0.05) is 6.07 Å². The van der Waals surface area contributed by atoms with Crippen molar-refractivity contribution in [3.05, 3.63) is 41.4 Å². The molecule has 0 radical (unpaired) electrons. The third-order valence-corrected chi connectivity index (χ3v) is 2.91. The van der Waals surface area contributed by atoms with E-state index in [4.69, 9.17) is 5.11 Å². The standard InChI is InChI=1S/C13H10F4N2O3/c14-8-3-1-2-7(13(15,16)17)11(8)18-9-6-10(21)19(4-5-20)12(9)22/h1-3,6,18,20H,4-5H2. The van der Waals surface area contributed by atoms with Gasteiger partial charge in [0.1, 0.15) is 11.5 Å². The minimum atomic E-state index is -4.83. The number of alkyl halides is 3. The molecular formula is C13H10F4N2O3. The molecule has 0 unspecified atom stereocenters. The van der Waals surface area contributed by atoms with Crippen molar-refractivity contribution >= 4 is 17.5 Å². The molecule has 1 aromatic carbocycles. The number of aliphatic hydroxyl groups is 1. The molecule has 0 atom stereocenters. The van der Waals surface area contributed by atoms with Gasteiger partial charge in [-0.05, 0) is 12.1 Å². The molecule has 0 aromatic heterocycles. The number of carbonyl (C=O) groups excluding carboxylic acids is 2. The third kappa shape index (κ3) is 2.93. The van der Waals surface area contributed by atoms with Crippen LogP contribution in [0.4, 0.5) is 23.2 Å². The van der Waals surface area contributed by atoms with Crippen LogP contribution in [0.2, 0.25) is 0 Å². The zero-order chi connectivity index (χ0) is 16.5. The molecule has 0 fully saturated rings. The number of para-hydroxylation sites is 1. The lowest BCUT2D eigenvalue weighted by atomic mass is 10.1. The second-order valence-electron chi connectivity index (χ2n) is 4.36. The quantitative estimate of drug-likeness (QED) is 0.652. The molecule has 9 heteroatoms. The van der Waals surface area contributed by atoms with E-state index in [-0.39, 0.29) is 6.54 Å². The van der Waals surface area contributed by atoms with Gasteiger partial charge in [0.25, 0.3) is 11.8 Å². The summed E-state index contributed by atoms with van der Waals surface area (Å²) in [6.45, 7) is -0.797. The van der Waals surface area contributed by atoms with Crippen molar-refractivity contribution in [1.29, 1.82) is 0 Å². The van der Waals surface area contributed by atoms with Gasteiger partial charge in [0.2, 0.25) is 0 Å². The van der Waals surface area contributed by atoms with Gasteiger partial charge >= 0.3 is 6.18 Å². The maximum Gasteiger partial charge on any atom is 0.418 e. The zero-order valence-electron chi connectivity index (χ0n) is 10.9. The van der Waals surface area contributed by atoms with Crippen molar-refractivity contribution in [1.82, 2.24) is 4.90 Å². The average molecular weight is 318 g/mol. The van der Waals surface area contributed by atoms with Crippen LogP contribution in [0.25, 0.3) is 0 Å². The number of nitrogens with one attached hydrogen (secondary N) is 1. The van der Waals surface area contributed by atoms with E-state index in [1.807, 2.05) is 5.32 Å². The molecule has 0 saturated heterocycles. The lowest BCUT2D eigenvalue weighted by molar-refractivity contribution is -0.139. The number of aliphatic hydroxyl groups excluding tert-OH is 1. The van der Waals surface area contributed by atoms with Crippen LogP contribution in [0.15, 0.2) is 30.0 Å². The number of hydrogen-bond acceptors (Lipinski definition) is 4. The van der Waals surface area contributed by atoms with Gasteiger partial charge in [-0.3, -0.25) is 14.5 Å². The van der Waals surface area contributed by atoms with Crippen molar-refractivity contribution in [2.24, 2.45) is 0 Å². The largest absolute Gasteiger partial charge is 0.418 e. The van der Waals surface area contributed by atoms with Crippen molar-refractivity contribution in [3.8, 4) is 0 Å². The molecule has 5 nitrogen and oxygen atoms in total. The molecule has 0 aliphatic carbocycles. The first kappa shape index (κ1) is 16.0. The van der Waals surface area contributed by atoms with Gasteiger partial charge in [-0.2, -0.15) is 13.2 Å². The molecule has 2 rings (SSSR count). The molecule has 2 amide bonds. The monoisotopic (exact) mass is 318 g/mol. The Kier molecular flexibility index (Phi) is 4.18. The van der Waals surface area contributed by atoms with Crippen molar-refractivity contribution in [3.63, 3.8) is 0 Å². The fourth-order valence-electron chi connectivity index (χ4n) is 1.93.